The highest BCUT2D eigenvalue weighted by Crippen LogP contribution is 2.28. The SMILES string of the molecule is COc1ccc(CN(C(=O)[C@H](Cc2c(C)cc(C(N)=O)cc2C)NC(=O)OC(C)(C)C)[C@@H](C)c2ncc(-c3ccccc3)[nH]2)cc1C(=O)O. The van der Waals surface area contributed by atoms with Crippen molar-refractivity contribution in [3.8, 4) is 17.0 Å². The highest BCUT2D eigenvalue weighted by atomic mass is 16.6. The average molecular weight is 670 g/mol. The van der Waals surface area contributed by atoms with E-state index in [1.807, 2.05) is 44.2 Å². The Morgan fingerprint density at radius 3 is 2.24 bits per heavy atom. The first-order valence-electron chi connectivity index (χ1n) is 15.8. The molecule has 3 amide bonds. The van der Waals surface area contributed by atoms with Gasteiger partial charge in [-0.15, -0.1) is 0 Å². The minimum absolute atomic E-state index is 0.0310. The second-order valence-electron chi connectivity index (χ2n) is 12.9. The number of carboxylic acids is 1. The molecule has 4 rings (SSSR count). The molecule has 0 radical (unpaired) electrons. The van der Waals surface area contributed by atoms with Gasteiger partial charge in [-0.3, -0.25) is 9.59 Å². The van der Waals surface area contributed by atoms with Crippen molar-refractivity contribution in [2.75, 3.05) is 7.11 Å². The first kappa shape index (κ1) is 36.2. The number of aromatic amines is 1. The molecule has 0 bridgehead atoms. The lowest BCUT2D eigenvalue weighted by molar-refractivity contribution is -0.136. The quantitative estimate of drug-likeness (QED) is 0.148. The molecule has 4 aromatic rings. The van der Waals surface area contributed by atoms with E-state index >= 15 is 0 Å². The molecule has 49 heavy (non-hydrogen) atoms. The number of rotatable bonds is 12. The number of H-pyrrole nitrogens is 1. The Labute approximate surface area is 285 Å². The van der Waals surface area contributed by atoms with E-state index in [0.29, 0.717) is 17.0 Å². The van der Waals surface area contributed by atoms with Crippen LogP contribution in [-0.2, 0) is 22.5 Å². The number of methoxy groups -OCH3 is 1. The van der Waals surface area contributed by atoms with Crippen LogP contribution in [0.2, 0.25) is 0 Å². The van der Waals surface area contributed by atoms with Crippen LogP contribution in [0.15, 0.2) is 66.9 Å². The van der Waals surface area contributed by atoms with Gasteiger partial charge in [-0.25, -0.2) is 14.6 Å². The summed E-state index contributed by atoms with van der Waals surface area (Å²) in [6.07, 6.45) is 0.960. The van der Waals surface area contributed by atoms with Crippen molar-refractivity contribution in [3.05, 3.63) is 106 Å². The van der Waals surface area contributed by atoms with Gasteiger partial charge >= 0.3 is 12.1 Å². The van der Waals surface area contributed by atoms with Crippen molar-refractivity contribution in [2.24, 2.45) is 5.73 Å². The number of alkyl carbamates (subject to hydrolysis) is 1. The Balaban J connectivity index is 1.80. The Kier molecular flexibility index (Phi) is 11.1. The van der Waals surface area contributed by atoms with Crippen molar-refractivity contribution in [1.82, 2.24) is 20.2 Å². The van der Waals surface area contributed by atoms with Gasteiger partial charge in [0.1, 0.15) is 28.8 Å². The Bertz CT molecular complexity index is 1820. The summed E-state index contributed by atoms with van der Waals surface area (Å²) in [6, 6.07) is 15.8. The molecular weight excluding hydrogens is 626 g/mol. The van der Waals surface area contributed by atoms with Crippen LogP contribution in [0.3, 0.4) is 0 Å². The first-order valence-corrected chi connectivity index (χ1v) is 15.8. The Morgan fingerprint density at radius 2 is 1.67 bits per heavy atom. The van der Waals surface area contributed by atoms with Crippen LogP contribution < -0.4 is 15.8 Å². The number of carboxylic acid groups (broad SMARTS) is 1. The van der Waals surface area contributed by atoms with Gasteiger partial charge in [-0.2, -0.15) is 0 Å². The van der Waals surface area contributed by atoms with E-state index in [1.165, 1.54) is 24.1 Å². The van der Waals surface area contributed by atoms with Crippen molar-refractivity contribution in [3.63, 3.8) is 0 Å². The van der Waals surface area contributed by atoms with E-state index in [-0.39, 0.29) is 24.3 Å². The van der Waals surface area contributed by atoms with Crippen molar-refractivity contribution in [2.45, 2.75) is 72.2 Å². The number of benzene rings is 3. The number of imidazole rings is 1. The highest BCUT2D eigenvalue weighted by Gasteiger charge is 2.33. The van der Waals surface area contributed by atoms with E-state index in [4.69, 9.17) is 15.2 Å². The molecule has 0 saturated heterocycles. The standard InChI is InChI=1S/C37H43N5O7/c1-21-15-26(32(38)43)16-22(2)27(21)18-29(41-36(47)49-37(4,5)6)34(44)42(20-24-13-14-31(48-7)28(17-24)35(45)46)23(3)33-39-19-30(40-33)25-11-9-8-10-12-25/h8-17,19,23,29H,18,20H2,1-7H3,(H2,38,43)(H,39,40)(H,41,47)(H,45,46)/t23-,29-/m0/s1. The molecule has 0 saturated carbocycles. The van der Waals surface area contributed by atoms with Crippen LogP contribution in [0.25, 0.3) is 11.3 Å². The van der Waals surface area contributed by atoms with E-state index in [2.05, 4.69) is 15.3 Å². The topological polar surface area (TPSA) is 177 Å². The molecule has 1 aromatic heterocycles. The van der Waals surface area contributed by atoms with E-state index in [9.17, 15) is 24.3 Å². The number of amides is 3. The molecule has 3 aromatic carbocycles. The number of nitrogens with one attached hydrogen (secondary N) is 2. The summed E-state index contributed by atoms with van der Waals surface area (Å²) in [5.41, 5.74) is 9.32. The summed E-state index contributed by atoms with van der Waals surface area (Å²) in [4.78, 5) is 61.4. The van der Waals surface area contributed by atoms with Crippen LogP contribution in [0, 0.1) is 13.8 Å². The Hall–Kier alpha value is -5.65. The second kappa shape index (κ2) is 15.1. The molecule has 12 nitrogen and oxygen atoms in total. The van der Waals surface area contributed by atoms with Gasteiger partial charge in [0.05, 0.1) is 25.0 Å². The molecule has 0 aliphatic rings. The first-order chi connectivity index (χ1) is 23.1. The number of hydrogen-bond acceptors (Lipinski definition) is 7. The van der Waals surface area contributed by atoms with Gasteiger partial charge in [-0.1, -0.05) is 36.4 Å². The molecule has 2 atom stereocenters. The molecular formula is C37H43N5O7. The fourth-order valence-electron chi connectivity index (χ4n) is 5.60. The zero-order valence-corrected chi connectivity index (χ0v) is 28.8. The van der Waals surface area contributed by atoms with E-state index in [1.54, 1.807) is 52.1 Å². The highest BCUT2D eigenvalue weighted by molar-refractivity contribution is 5.93. The lowest BCUT2D eigenvalue weighted by atomic mass is 9.93. The number of hydrogen-bond donors (Lipinski definition) is 4. The van der Waals surface area contributed by atoms with Gasteiger partial charge in [0.2, 0.25) is 11.8 Å². The largest absolute Gasteiger partial charge is 0.496 e. The maximum Gasteiger partial charge on any atom is 0.408 e. The van der Waals surface area contributed by atoms with Crippen LogP contribution in [0.1, 0.15) is 82.5 Å². The van der Waals surface area contributed by atoms with Crippen LogP contribution in [0.4, 0.5) is 4.79 Å². The maximum atomic E-state index is 14.8. The van der Waals surface area contributed by atoms with Crippen molar-refractivity contribution < 1.29 is 33.8 Å². The monoisotopic (exact) mass is 669 g/mol. The van der Waals surface area contributed by atoms with Gasteiger partial charge in [-0.05, 0) is 93.6 Å². The van der Waals surface area contributed by atoms with Gasteiger partial charge in [0.25, 0.3) is 0 Å². The lowest BCUT2D eigenvalue weighted by Crippen LogP contribution is -2.51. The molecule has 5 N–H and O–H groups in total. The van der Waals surface area contributed by atoms with E-state index in [0.717, 1.165) is 27.9 Å². The zero-order valence-electron chi connectivity index (χ0n) is 28.8. The molecule has 0 aliphatic carbocycles. The number of primary amides is 1. The van der Waals surface area contributed by atoms with Crippen LogP contribution in [-0.4, -0.2) is 62.6 Å². The zero-order chi connectivity index (χ0) is 36.0. The number of nitrogens with two attached hydrogens (primary N) is 1. The Morgan fingerprint density at radius 1 is 1.02 bits per heavy atom. The summed E-state index contributed by atoms with van der Waals surface area (Å²) in [5, 5.41) is 12.6. The number of carbonyl (C=O) groups is 4. The maximum absolute atomic E-state index is 14.8. The van der Waals surface area contributed by atoms with Gasteiger partial charge in [0, 0.05) is 18.5 Å². The number of carbonyl (C=O) groups excluding carboxylic acids is 3. The molecule has 0 spiro atoms. The fourth-order valence-corrected chi connectivity index (χ4v) is 5.60. The minimum atomic E-state index is -1.18. The predicted molar refractivity (Wildman–Crippen MR) is 184 cm³/mol. The summed E-state index contributed by atoms with van der Waals surface area (Å²) in [6.45, 7) is 10.6. The second-order valence-corrected chi connectivity index (χ2v) is 12.9. The van der Waals surface area contributed by atoms with Crippen molar-refractivity contribution >= 4 is 23.9 Å². The third-order valence-corrected chi connectivity index (χ3v) is 8.05. The molecule has 0 aliphatic heterocycles. The third-order valence-electron chi connectivity index (χ3n) is 8.05. The van der Waals surface area contributed by atoms with Crippen LogP contribution >= 0.6 is 0 Å². The third kappa shape index (κ3) is 9.04. The number of nitrogens with zero attached hydrogens (tertiary/aromatic N) is 2. The molecule has 0 fully saturated rings. The molecule has 12 heteroatoms. The number of aromatic nitrogens is 2. The summed E-state index contributed by atoms with van der Waals surface area (Å²) < 4.78 is 10.8. The average Bonchev–Trinajstić information content (AvgIpc) is 3.54. The molecule has 1 heterocycles. The number of ether oxygens (including phenoxy) is 2. The van der Waals surface area contributed by atoms with Gasteiger partial charge < -0.3 is 35.5 Å². The number of aromatic carboxylic acids is 1. The van der Waals surface area contributed by atoms with E-state index < -0.39 is 41.6 Å². The van der Waals surface area contributed by atoms with Crippen LogP contribution in [0.5, 0.6) is 5.75 Å². The summed E-state index contributed by atoms with van der Waals surface area (Å²) in [5.74, 6) is -1.57. The minimum Gasteiger partial charge on any atom is -0.496 e. The normalized spacial score (nSPS) is 12.5. The molecule has 258 valence electrons. The molecule has 0 unspecified atom stereocenters. The summed E-state index contributed by atoms with van der Waals surface area (Å²) in [7, 11) is 1.38. The number of aryl methyl sites for hydroxylation is 2. The fraction of sp³-hybridized carbons (Fsp3) is 0.324. The predicted octanol–water partition coefficient (Wildman–Crippen LogP) is 5.73. The smallest absolute Gasteiger partial charge is 0.408 e. The van der Waals surface area contributed by atoms with Crippen molar-refractivity contribution in [1.29, 1.82) is 0 Å². The van der Waals surface area contributed by atoms with Gasteiger partial charge in [0.15, 0.2) is 0 Å². The lowest BCUT2D eigenvalue weighted by Gasteiger charge is -2.33. The summed E-state index contributed by atoms with van der Waals surface area (Å²) >= 11 is 0.